The van der Waals surface area contributed by atoms with Crippen LogP contribution in [0.4, 0.5) is 0 Å². The van der Waals surface area contributed by atoms with Crippen molar-refractivity contribution in [3.05, 3.63) is 47.2 Å². The quantitative estimate of drug-likeness (QED) is 0.304. The van der Waals surface area contributed by atoms with E-state index < -0.39 is 11.8 Å². The lowest BCUT2D eigenvalue weighted by Crippen LogP contribution is -2.60. The van der Waals surface area contributed by atoms with E-state index in [0.717, 1.165) is 25.7 Å². The second-order valence-corrected chi connectivity index (χ2v) is 9.09. The number of hydrogen-bond donors (Lipinski definition) is 0. The van der Waals surface area contributed by atoms with Gasteiger partial charge < -0.3 is 18.9 Å². The number of hydrogen-bond acceptors (Lipinski definition) is 7. The van der Waals surface area contributed by atoms with E-state index in [1.807, 2.05) is 6.08 Å². The molecule has 1 unspecified atom stereocenters. The lowest BCUT2D eigenvalue weighted by molar-refractivity contribution is -0.255. The van der Waals surface area contributed by atoms with Gasteiger partial charge in [0.2, 0.25) is 11.5 Å². The highest BCUT2D eigenvalue weighted by molar-refractivity contribution is 5.93. The SMILES string of the molecule is COC1=C(C)C(=O)O/C1=C1\O[C@@]23O[C@@H]4C[C@@H]([C@H]2[C@@H]1C)N1CC[C@H]3[C@@]41/C=C/C=C/C=O. The van der Waals surface area contributed by atoms with Crippen molar-refractivity contribution >= 4 is 12.3 Å². The van der Waals surface area contributed by atoms with Gasteiger partial charge in [-0.15, -0.1) is 0 Å². The molecular formula is C23H25NO6. The molecule has 6 aliphatic heterocycles. The van der Waals surface area contributed by atoms with E-state index in [1.54, 1.807) is 20.1 Å². The Morgan fingerprint density at radius 2 is 2.10 bits per heavy atom. The molecule has 6 aliphatic rings. The van der Waals surface area contributed by atoms with Crippen LogP contribution in [-0.2, 0) is 28.5 Å². The van der Waals surface area contributed by atoms with Gasteiger partial charge >= 0.3 is 5.97 Å². The maximum absolute atomic E-state index is 12.2. The Bertz CT molecular complexity index is 978. The maximum atomic E-state index is 12.2. The van der Waals surface area contributed by atoms with Crippen LogP contribution in [0.5, 0.6) is 0 Å². The number of allylic oxidation sites excluding steroid dienone is 4. The standard InChI is InChI=1S/C23H25NO6/c1-12-17-14-11-16-22(8-5-4-6-10-25)15(7-9-24(14)22)23(17,29-16)30-19(12)20-18(27-3)13(2)21(26)28-20/h4-6,8,10,12,14-17H,7,9,11H2,1-3H3/b6-4+,8-5+,20-19-/t12-,14-,15-,16+,17+,22-,23+/m0/s1. The van der Waals surface area contributed by atoms with Crippen molar-refractivity contribution in [1.82, 2.24) is 4.90 Å². The number of fused-ring (bicyclic) bond motifs is 1. The second-order valence-electron chi connectivity index (χ2n) is 9.09. The molecule has 8 atom stereocenters. The molecule has 7 heteroatoms. The molecule has 0 aromatic carbocycles. The average Bonchev–Trinajstić information content (AvgIpc) is 3.43. The summed E-state index contributed by atoms with van der Waals surface area (Å²) in [4.78, 5) is 25.4. The Kier molecular flexibility index (Phi) is 3.59. The molecule has 0 aliphatic carbocycles. The highest BCUT2D eigenvalue weighted by atomic mass is 16.7. The van der Waals surface area contributed by atoms with Crippen LogP contribution in [0.25, 0.3) is 0 Å². The molecule has 5 bridgehead atoms. The summed E-state index contributed by atoms with van der Waals surface area (Å²) in [6.45, 7) is 4.87. The molecule has 1 spiro atoms. The normalized spacial score (nSPS) is 50.2. The smallest absolute Gasteiger partial charge is 0.343 e. The van der Waals surface area contributed by atoms with Crippen molar-refractivity contribution in [2.24, 2.45) is 17.8 Å². The minimum Gasteiger partial charge on any atom is -0.492 e. The number of methoxy groups -OCH3 is 1. The first-order chi connectivity index (χ1) is 14.5. The van der Waals surface area contributed by atoms with E-state index in [1.165, 1.54) is 6.08 Å². The van der Waals surface area contributed by atoms with Crippen LogP contribution in [0.1, 0.15) is 26.7 Å². The first-order valence-corrected chi connectivity index (χ1v) is 10.6. The van der Waals surface area contributed by atoms with E-state index in [2.05, 4.69) is 17.9 Å². The zero-order chi connectivity index (χ0) is 20.8. The number of piperidine rings is 1. The molecule has 5 fully saturated rings. The topological polar surface area (TPSA) is 74.3 Å². The van der Waals surface area contributed by atoms with E-state index in [0.29, 0.717) is 28.9 Å². The number of rotatable bonds is 4. The van der Waals surface area contributed by atoms with E-state index in [4.69, 9.17) is 18.9 Å². The zero-order valence-electron chi connectivity index (χ0n) is 17.3. The Morgan fingerprint density at radius 3 is 2.87 bits per heavy atom. The molecule has 6 heterocycles. The number of esters is 1. The van der Waals surface area contributed by atoms with Crippen LogP contribution in [-0.4, -0.2) is 54.3 Å². The fourth-order valence-corrected chi connectivity index (χ4v) is 7.23. The second kappa shape index (κ2) is 5.86. The van der Waals surface area contributed by atoms with Gasteiger partial charge in [0.25, 0.3) is 0 Å². The third kappa shape index (κ3) is 1.85. The monoisotopic (exact) mass is 411 g/mol. The van der Waals surface area contributed by atoms with Crippen molar-refractivity contribution in [2.75, 3.05) is 13.7 Å². The first-order valence-electron chi connectivity index (χ1n) is 10.6. The Labute approximate surface area is 175 Å². The summed E-state index contributed by atoms with van der Waals surface area (Å²) in [5.74, 6) is 0.851. The van der Waals surface area contributed by atoms with Crippen molar-refractivity contribution in [3.8, 4) is 0 Å². The van der Waals surface area contributed by atoms with E-state index >= 15 is 0 Å². The van der Waals surface area contributed by atoms with E-state index in [-0.39, 0.29) is 29.4 Å². The zero-order valence-corrected chi connectivity index (χ0v) is 17.3. The van der Waals surface area contributed by atoms with Crippen LogP contribution in [0.15, 0.2) is 47.2 Å². The summed E-state index contributed by atoms with van der Waals surface area (Å²) in [6, 6.07) is 0.350. The number of nitrogens with zero attached hydrogens (tertiary/aromatic N) is 1. The van der Waals surface area contributed by atoms with E-state index in [9.17, 15) is 9.59 Å². The van der Waals surface area contributed by atoms with Crippen molar-refractivity contribution in [3.63, 3.8) is 0 Å². The Morgan fingerprint density at radius 1 is 1.27 bits per heavy atom. The van der Waals surface area contributed by atoms with Crippen molar-refractivity contribution in [2.45, 2.75) is 50.2 Å². The van der Waals surface area contributed by atoms with Gasteiger partial charge in [-0.2, -0.15) is 0 Å². The Hall–Kier alpha value is -2.38. The molecule has 7 nitrogen and oxygen atoms in total. The van der Waals surface area contributed by atoms with Crippen LogP contribution < -0.4 is 0 Å². The molecule has 5 saturated heterocycles. The van der Waals surface area contributed by atoms with Gasteiger partial charge in [0.05, 0.1) is 36.2 Å². The first kappa shape index (κ1) is 18.4. The third-order valence-corrected chi connectivity index (χ3v) is 8.14. The van der Waals surface area contributed by atoms with Gasteiger partial charge in [-0.05, 0) is 25.8 Å². The van der Waals surface area contributed by atoms with Gasteiger partial charge in [-0.1, -0.05) is 25.2 Å². The molecule has 0 saturated carbocycles. The van der Waals surface area contributed by atoms with Gasteiger partial charge in [0.1, 0.15) is 12.0 Å². The summed E-state index contributed by atoms with van der Waals surface area (Å²) >= 11 is 0. The van der Waals surface area contributed by atoms with Crippen molar-refractivity contribution < 1.29 is 28.5 Å². The number of ether oxygens (including phenoxy) is 4. The highest BCUT2D eigenvalue weighted by Crippen LogP contribution is 2.72. The molecule has 0 N–H and O–H groups in total. The highest BCUT2D eigenvalue weighted by Gasteiger charge is 2.83. The molecular weight excluding hydrogens is 386 g/mol. The Balaban J connectivity index is 1.45. The van der Waals surface area contributed by atoms with Gasteiger partial charge in [0, 0.05) is 18.5 Å². The summed E-state index contributed by atoms with van der Waals surface area (Å²) < 4.78 is 24.5. The summed E-state index contributed by atoms with van der Waals surface area (Å²) in [7, 11) is 1.55. The maximum Gasteiger partial charge on any atom is 0.343 e. The molecule has 0 aromatic heterocycles. The number of cyclic esters (lactones) is 1. The number of carbonyl (C=O) groups is 2. The predicted molar refractivity (Wildman–Crippen MR) is 104 cm³/mol. The van der Waals surface area contributed by atoms with Gasteiger partial charge in [0.15, 0.2) is 5.76 Å². The summed E-state index contributed by atoms with van der Waals surface area (Å²) in [5, 5.41) is 0. The summed E-state index contributed by atoms with van der Waals surface area (Å²) in [5.41, 5.74) is 0.264. The molecule has 0 amide bonds. The fraction of sp³-hybridized carbons (Fsp3) is 0.565. The van der Waals surface area contributed by atoms with Crippen LogP contribution in [0.3, 0.4) is 0 Å². The third-order valence-electron chi connectivity index (χ3n) is 8.14. The number of aldehydes is 1. The fourth-order valence-electron chi connectivity index (χ4n) is 7.23. The molecule has 0 radical (unpaired) electrons. The minimum absolute atomic E-state index is 0.0490. The van der Waals surface area contributed by atoms with Gasteiger partial charge in [-0.3, -0.25) is 9.69 Å². The molecule has 6 rings (SSSR count). The molecule has 158 valence electrons. The largest absolute Gasteiger partial charge is 0.492 e. The molecule has 0 aromatic rings. The lowest BCUT2D eigenvalue weighted by atomic mass is 9.71. The number of carbonyl (C=O) groups excluding carboxylic acids is 2. The average molecular weight is 411 g/mol. The van der Waals surface area contributed by atoms with Crippen LogP contribution in [0.2, 0.25) is 0 Å². The predicted octanol–water partition coefficient (Wildman–Crippen LogP) is 2.21. The van der Waals surface area contributed by atoms with Crippen LogP contribution >= 0.6 is 0 Å². The summed E-state index contributed by atoms with van der Waals surface area (Å²) in [6.07, 6.45) is 10.2. The van der Waals surface area contributed by atoms with Crippen LogP contribution in [0, 0.1) is 17.8 Å². The van der Waals surface area contributed by atoms with Crippen molar-refractivity contribution in [1.29, 1.82) is 0 Å². The van der Waals surface area contributed by atoms with Gasteiger partial charge in [-0.25, -0.2) is 4.79 Å². The lowest BCUT2D eigenvalue weighted by Gasteiger charge is -2.47. The molecule has 30 heavy (non-hydrogen) atoms. The minimum atomic E-state index is -0.706.